The lowest BCUT2D eigenvalue weighted by Crippen LogP contribution is -2.44. The number of nitrogens with one attached hydrogen (secondary N) is 1. The third-order valence-electron chi connectivity index (χ3n) is 5.05. The molecule has 0 spiro atoms. The van der Waals surface area contributed by atoms with Crippen LogP contribution in [0.25, 0.3) is 0 Å². The van der Waals surface area contributed by atoms with Crippen LogP contribution in [0.15, 0.2) is 47.1 Å². The van der Waals surface area contributed by atoms with Gasteiger partial charge in [0.25, 0.3) is 0 Å². The normalized spacial score (nSPS) is 19.2. The highest BCUT2D eigenvalue weighted by Gasteiger charge is 2.36. The highest BCUT2D eigenvalue weighted by atomic mass is 79.9. The second-order valence-electron chi connectivity index (χ2n) is 7.33. The van der Waals surface area contributed by atoms with Gasteiger partial charge in [0, 0.05) is 29.5 Å². The number of nitrogens with zero attached hydrogens (tertiary/aromatic N) is 2. The van der Waals surface area contributed by atoms with E-state index in [-0.39, 0.29) is 23.7 Å². The molecule has 7 heteroatoms. The van der Waals surface area contributed by atoms with Crippen LogP contribution in [-0.2, 0) is 9.59 Å². The van der Waals surface area contributed by atoms with E-state index in [9.17, 15) is 9.59 Å². The SMILES string of the molecule is O=C(Nc1ccc(Oc2cccc(Br)c2)nc1)C1CCCN(C(=O)C2CC2)C1. The fourth-order valence-electron chi connectivity index (χ4n) is 3.39. The quantitative estimate of drug-likeness (QED) is 0.750. The van der Waals surface area contributed by atoms with Crippen molar-refractivity contribution >= 4 is 33.4 Å². The number of rotatable bonds is 5. The molecule has 1 saturated heterocycles. The number of carbonyl (C=O) groups is 2. The van der Waals surface area contributed by atoms with Gasteiger partial charge >= 0.3 is 0 Å². The van der Waals surface area contributed by atoms with E-state index in [1.54, 1.807) is 18.3 Å². The second-order valence-corrected chi connectivity index (χ2v) is 8.25. The molecule has 1 unspecified atom stereocenters. The van der Waals surface area contributed by atoms with Crippen molar-refractivity contribution in [3.05, 3.63) is 47.1 Å². The number of anilines is 1. The van der Waals surface area contributed by atoms with Crippen molar-refractivity contribution in [3.63, 3.8) is 0 Å². The smallest absolute Gasteiger partial charge is 0.229 e. The van der Waals surface area contributed by atoms with Gasteiger partial charge in [0.2, 0.25) is 17.7 Å². The van der Waals surface area contributed by atoms with Crippen LogP contribution in [0, 0.1) is 11.8 Å². The minimum absolute atomic E-state index is 0.0595. The molecule has 28 heavy (non-hydrogen) atoms. The Kier molecular flexibility index (Phi) is 5.62. The van der Waals surface area contributed by atoms with Gasteiger partial charge < -0.3 is 15.0 Å². The molecule has 2 heterocycles. The zero-order chi connectivity index (χ0) is 19.5. The molecule has 1 aromatic heterocycles. The Labute approximate surface area is 172 Å². The molecule has 2 aromatic rings. The second kappa shape index (κ2) is 8.31. The predicted molar refractivity (Wildman–Crippen MR) is 109 cm³/mol. The van der Waals surface area contributed by atoms with Gasteiger partial charge in [0.05, 0.1) is 17.8 Å². The van der Waals surface area contributed by atoms with E-state index in [2.05, 4.69) is 26.2 Å². The number of amides is 2. The van der Waals surface area contributed by atoms with Gasteiger partial charge in [0.1, 0.15) is 5.75 Å². The van der Waals surface area contributed by atoms with Crippen molar-refractivity contribution in [1.82, 2.24) is 9.88 Å². The van der Waals surface area contributed by atoms with Crippen LogP contribution >= 0.6 is 15.9 Å². The molecule has 1 aliphatic carbocycles. The van der Waals surface area contributed by atoms with Crippen LogP contribution < -0.4 is 10.1 Å². The van der Waals surface area contributed by atoms with Gasteiger partial charge in [-0.15, -0.1) is 0 Å². The number of likely N-dealkylation sites (tertiary alicyclic amines) is 1. The molecule has 6 nitrogen and oxygen atoms in total. The molecule has 1 aliphatic heterocycles. The predicted octanol–water partition coefficient (Wildman–Crippen LogP) is 4.22. The summed E-state index contributed by atoms with van der Waals surface area (Å²) < 4.78 is 6.63. The van der Waals surface area contributed by atoms with Gasteiger partial charge in [-0.05, 0) is 49.9 Å². The van der Waals surface area contributed by atoms with Crippen LogP contribution in [0.3, 0.4) is 0 Å². The highest BCUT2D eigenvalue weighted by Crippen LogP contribution is 2.32. The van der Waals surface area contributed by atoms with Crippen LogP contribution in [-0.4, -0.2) is 34.8 Å². The molecule has 1 saturated carbocycles. The maximum Gasteiger partial charge on any atom is 0.229 e. The molecule has 4 rings (SSSR count). The van der Waals surface area contributed by atoms with Crippen molar-refractivity contribution in [2.24, 2.45) is 11.8 Å². The topological polar surface area (TPSA) is 71.5 Å². The van der Waals surface area contributed by atoms with Gasteiger partial charge in [-0.25, -0.2) is 4.98 Å². The van der Waals surface area contributed by atoms with Crippen molar-refractivity contribution in [2.75, 3.05) is 18.4 Å². The summed E-state index contributed by atoms with van der Waals surface area (Å²) in [7, 11) is 0. The van der Waals surface area contributed by atoms with Gasteiger partial charge in [0.15, 0.2) is 0 Å². The zero-order valence-electron chi connectivity index (χ0n) is 15.4. The molecular formula is C21H22BrN3O3. The summed E-state index contributed by atoms with van der Waals surface area (Å²) in [5, 5.41) is 2.91. The first kappa shape index (κ1) is 18.9. The first-order valence-corrected chi connectivity index (χ1v) is 10.4. The Bertz CT molecular complexity index is 867. The molecule has 2 fully saturated rings. The fraction of sp³-hybridized carbons (Fsp3) is 0.381. The lowest BCUT2D eigenvalue weighted by molar-refractivity contribution is -0.135. The first-order valence-electron chi connectivity index (χ1n) is 9.57. The minimum Gasteiger partial charge on any atom is -0.439 e. The van der Waals surface area contributed by atoms with Gasteiger partial charge in [-0.3, -0.25) is 9.59 Å². The van der Waals surface area contributed by atoms with Crippen molar-refractivity contribution in [3.8, 4) is 11.6 Å². The molecule has 0 bridgehead atoms. The average Bonchev–Trinajstić information content (AvgIpc) is 3.54. The van der Waals surface area contributed by atoms with E-state index in [1.807, 2.05) is 29.2 Å². The maximum atomic E-state index is 12.6. The number of pyridine rings is 1. The number of hydrogen-bond donors (Lipinski definition) is 1. The van der Waals surface area contributed by atoms with Crippen LogP contribution in [0.5, 0.6) is 11.6 Å². The zero-order valence-corrected chi connectivity index (χ0v) is 17.0. The Balaban J connectivity index is 1.33. The third kappa shape index (κ3) is 4.70. The molecule has 1 aromatic carbocycles. The standard InChI is InChI=1S/C21H22BrN3O3/c22-16-4-1-5-18(11-16)28-19-9-8-17(12-23-19)24-20(26)15-3-2-10-25(13-15)21(27)14-6-7-14/h1,4-5,8-9,11-12,14-15H,2-3,6-7,10,13H2,(H,24,26). The minimum atomic E-state index is -0.172. The molecular weight excluding hydrogens is 422 g/mol. The summed E-state index contributed by atoms with van der Waals surface area (Å²) in [6.45, 7) is 1.28. The van der Waals surface area contributed by atoms with E-state index < -0.39 is 0 Å². The number of halogens is 1. The molecule has 2 aliphatic rings. The van der Waals surface area contributed by atoms with Crippen molar-refractivity contribution in [1.29, 1.82) is 0 Å². The first-order chi connectivity index (χ1) is 13.6. The van der Waals surface area contributed by atoms with Gasteiger partial charge in [-0.2, -0.15) is 0 Å². The number of ether oxygens (including phenoxy) is 1. The largest absolute Gasteiger partial charge is 0.439 e. The van der Waals surface area contributed by atoms with Crippen LogP contribution in [0.4, 0.5) is 5.69 Å². The Hall–Kier alpha value is -2.41. The molecule has 1 atom stereocenters. The number of benzene rings is 1. The summed E-state index contributed by atoms with van der Waals surface area (Å²) >= 11 is 3.40. The van der Waals surface area contributed by atoms with Crippen LogP contribution in [0.2, 0.25) is 0 Å². The summed E-state index contributed by atoms with van der Waals surface area (Å²) in [4.78, 5) is 31.0. The highest BCUT2D eigenvalue weighted by molar-refractivity contribution is 9.10. The van der Waals surface area contributed by atoms with E-state index in [4.69, 9.17) is 4.74 Å². The Morgan fingerprint density at radius 3 is 2.71 bits per heavy atom. The van der Waals surface area contributed by atoms with E-state index in [0.29, 0.717) is 23.9 Å². The van der Waals surface area contributed by atoms with E-state index in [1.165, 1.54) is 0 Å². The summed E-state index contributed by atoms with van der Waals surface area (Å²) in [6, 6.07) is 11.0. The Morgan fingerprint density at radius 2 is 2.00 bits per heavy atom. The molecule has 146 valence electrons. The molecule has 2 amide bonds. The summed E-state index contributed by atoms with van der Waals surface area (Å²) in [5.41, 5.74) is 0.622. The maximum absolute atomic E-state index is 12.6. The lowest BCUT2D eigenvalue weighted by Gasteiger charge is -2.32. The number of aromatic nitrogens is 1. The van der Waals surface area contributed by atoms with Crippen molar-refractivity contribution in [2.45, 2.75) is 25.7 Å². The lowest BCUT2D eigenvalue weighted by atomic mass is 9.96. The van der Waals surface area contributed by atoms with E-state index >= 15 is 0 Å². The van der Waals surface area contributed by atoms with Crippen molar-refractivity contribution < 1.29 is 14.3 Å². The summed E-state index contributed by atoms with van der Waals surface area (Å²) in [5.74, 6) is 1.32. The number of hydrogen-bond acceptors (Lipinski definition) is 4. The van der Waals surface area contributed by atoms with E-state index in [0.717, 1.165) is 36.7 Å². The fourth-order valence-corrected chi connectivity index (χ4v) is 3.77. The number of carbonyl (C=O) groups excluding carboxylic acids is 2. The monoisotopic (exact) mass is 443 g/mol. The number of piperidine rings is 1. The summed E-state index contributed by atoms with van der Waals surface area (Å²) in [6.07, 6.45) is 5.24. The molecule has 1 N–H and O–H groups in total. The average molecular weight is 444 g/mol. The molecule has 0 radical (unpaired) electrons. The van der Waals surface area contributed by atoms with Gasteiger partial charge in [-0.1, -0.05) is 22.0 Å². The Morgan fingerprint density at radius 1 is 1.14 bits per heavy atom. The third-order valence-corrected chi connectivity index (χ3v) is 5.55. The van der Waals surface area contributed by atoms with Crippen LogP contribution in [0.1, 0.15) is 25.7 Å².